The third kappa shape index (κ3) is 1.61. The molecule has 3 nitrogen and oxygen atoms in total. The standard InChI is InChI=1S/C9H11NO2/c1-3-8-9(10-4-2)7(11)5-6-12-8/h3-4H,1,5-6H2,2H3/b10-4-. The van der Waals surface area contributed by atoms with E-state index in [4.69, 9.17) is 4.74 Å². The van der Waals surface area contributed by atoms with Crippen molar-refractivity contribution in [2.75, 3.05) is 6.61 Å². The number of carbonyl (C=O) groups is 1. The number of allylic oxidation sites excluding steroid dienone is 2. The summed E-state index contributed by atoms with van der Waals surface area (Å²) in [5, 5.41) is 0. The van der Waals surface area contributed by atoms with E-state index in [1.165, 1.54) is 6.08 Å². The summed E-state index contributed by atoms with van der Waals surface area (Å²) < 4.78 is 5.19. The van der Waals surface area contributed by atoms with Gasteiger partial charge in [0.25, 0.3) is 0 Å². The maximum atomic E-state index is 11.3. The minimum atomic E-state index is 0.0225. The number of carbonyl (C=O) groups excluding carboxylic acids is 1. The minimum absolute atomic E-state index is 0.0225. The first-order chi connectivity index (χ1) is 5.79. The number of ketones is 1. The molecule has 0 saturated carbocycles. The van der Waals surface area contributed by atoms with Gasteiger partial charge in [-0.2, -0.15) is 0 Å². The first-order valence-corrected chi connectivity index (χ1v) is 3.81. The predicted molar refractivity (Wildman–Crippen MR) is 47.0 cm³/mol. The van der Waals surface area contributed by atoms with Crippen LogP contribution in [0.4, 0.5) is 0 Å². The molecule has 0 saturated heterocycles. The summed E-state index contributed by atoms with van der Waals surface area (Å²) in [5.41, 5.74) is 0.388. The largest absolute Gasteiger partial charge is 0.491 e. The van der Waals surface area contributed by atoms with Crippen LogP contribution in [-0.4, -0.2) is 18.6 Å². The molecule has 0 bridgehead atoms. The molecule has 0 aromatic carbocycles. The number of rotatable bonds is 2. The lowest BCUT2D eigenvalue weighted by molar-refractivity contribution is -0.117. The summed E-state index contributed by atoms with van der Waals surface area (Å²) in [7, 11) is 0. The average molecular weight is 165 g/mol. The first-order valence-electron chi connectivity index (χ1n) is 3.81. The summed E-state index contributed by atoms with van der Waals surface area (Å²) in [5.74, 6) is 0.513. The third-order valence-electron chi connectivity index (χ3n) is 1.53. The molecule has 1 heterocycles. The lowest BCUT2D eigenvalue weighted by Crippen LogP contribution is -2.14. The Morgan fingerprint density at radius 1 is 1.67 bits per heavy atom. The highest BCUT2D eigenvalue weighted by Crippen LogP contribution is 2.17. The molecule has 1 rings (SSSR count). The van der Waals surface area contributed by atoms with Crippen LogP contribution in [0.3, 0.4) is 0 Å². The highest BCUT2D eigenvalue weighted by Gasteiger charge is 2.18. The van der Waals surface area contributed by atoms with Gasteiger partial charge >= 0.3 is 0 Å². The molecule has 1 aliphatic rings. The molecule has 0 aromatic rings. The molecule has 0 spiro atoms. The zero-order valence-corrected chi connectivity index (χ0v) is 7.04. The number of hydrogen-bond acceptors (Lipinski definition) is 3. The Kier molecular flexibility index (Phi) is 2.80. The summed E-state index contributed by atoms with van der Waals surface area (Å²) in [6.07, 6.45) is 3.49. The SMILES string of the molecule is C=CC1=C(/N=C\C)C(=O)CCO1. The van der Waals surface area contributed by atoms with Crippen LogP contribution in [-0.2, 0) is 9.53 Å². The Morgan fingerprint density at radius 2 is 2.42 bits per heavy atom. The summed E-state index contributed by atoms with van der Waals surface area (Å²) in [4.78, 5) is 15.2. The van der Waals surface area contributed by atoms with Crippen molar-refractivity contribution >= 4 is 12.0 Å². The Hall–Kier alpha value is -1.38. The molecular formula is C9H11NO2. The summed E-state index contributed by atoms with van der Waals surface area (Å²) in [6, 6.07) is 0. The lowest BCUT2D eigenvalue weighted by Gasteiger charge is -2.14. The van der Waals surface area contributed by atoms with Crippen molar-refractivity contribution in [1.82, 2.24) is 0 Å². The molecule has 0 amide bonds. The van der Waals surface area contributed by atoms with Gasteiger partial charge in [0.15, 0.2) is 5.78 Å². The van der Waals surface area contributed by atoms with E-state index in [9.17, 15) is 4.79 Å². The number of Topliss-reactive ketones (excluding diaryl/α,β-unsaturated/α-hetero) is 1. The average Bonchev–Trinajstić information content (AvgIpc) is 2.09. The van der Waals surface area contributed by atoms with Gasteiger partial charge in [0.05, 0.1) is 6.61 Å². The zero-order chi connectivity index (χ0) is 8.97. The van der Waals surface area contributed by atoms with Gasteiger partial charge in [-0.15, -0.1) is 0 Å². The van der Waals surface area contributed by atoms with E-state index in [0.29, 0.717) is 24.5 Å². The fourth-order valence-corrected chi connectivity index (χ4v) is 0.998. The van der Waals surface area contributed by atoms with E-state index in [1.54, 1.807) is 13.1 Å². The molecule has 0 aromatic heterocycles. The molecule has 0 N–H and O–H groups in total. The van der Waals surface area contributed by atoms with Gasteiger partial charge in [-0.05, 0) is 13.0 Å². The smallest absolute Gasteiger partial charge is 0.188 e. The Balaban J connectivity index is 3.03. The first kappa shape index (κ1) is 8.71. The van der Waals surface area contributed by atoms with Crippen molar-refractivity contribution in [1.29, 1.82) is 0 Å². The minimum Gasteiger partial charge on any atom is -0.491 e. The Labute approximate surface area is 71.4 Å². The van der Waals surface area contributed by atoms with E-state index in [2.05, 4.69) is 11.6 Å². The van der Waals surface area contributed by atoms with E-state index in [1.807, 2.05) is 0 Å². The van der Waals surface area contributed by atoms with Crippen LogP contribution in [0.25, 0.3) is 0 Å². The van der Waals surface area contributed by atoms with Gasteiger partial charge in [0, 0.05) is 12.6 Å². The van der Waals surface area contributed by atoms with Crippen molar-refractivity contribution in [3.63, 3.8) is 0 Å². The van der Waals surface area contributed by atoms with Crippen LogP contribution in [0.5, 0.6) is 0 Å². The maximum absolute atomic E-state index is 11.3. The summed E-state index contributed by atoms with van der Waals surface area (Å²) >= 11 is 0. The number of nitrogens with zero attached hydrogens (tertiary/aromatic N) is 1. The fourth-order valence-electron chi connectivity index (χ4n) is 0.998. The van der Waals surface area contributed by atoms with Crippen molar-refractivity contribution < 1.29 is 9.53 Å². The quantitative estimate of drug-likeness (QED) is 0.581. The number of ether oxygens (including phenoxy) is 1. The molecular weight excluding hydrogens is 154 g/mol. The monoisotopic (exact) mass is 165 g/mol. The normalized spacial score (nSPS) is 18.2. The van der Waals surface area contributed by atoms with E-state index in [0.717, 1.165) is 0 Å². The molecule has 64 valence electrons. The second-order valence-corrected chi connectivity index (χ2v) is 2.33. The lowest BCUT2D eigenvalue weighted by atomic mass is 10.1. The molecule has 0 radical (unpaired) electrons. The maximum Gasteiger partial charge on any atom is 0.188 e. The van der Waals surface area contributed by atoms with E-state index >= 15 is 0 Å². The van der Waals surface area contributed by atoms with Gasteiger partial charge in [0.2, 0.25) is 0 Å². The van der Waals surface area contributed by atoms with Crippen LogP contribution in [0.2, 0.25) is 0 Å². The van der Waals surface area contributed by atoms with Gasteiger partial charge in [0.1, 0.15) is 11.5 Å². The van der Waals surface area contributed by atoms with Gasteiger partial charge in [-0.1, -0.05) is 6.58 Å². The topological polar surface area (TPSA) is 38.7 Å². The van der Waals surface area contributed by atoms with Crippen molar-refractivity contribution in [2.45, 2.75) is 13.3 Å². The third-order valence-corrected chi connectivity index (χ3v) is 1.53. The summed E-state index contributed by atoms with van der Waals surface area (Å²) in [6.45, 7) is 5.74. The molecule has 0 aliphatic carbocycles. The molecule has 12 heavy (non-hydrogen) atoms. The van der Waals surface area contributed by atoms with E-state index in [-0.39, 0.29) is 5.78 Å². The molecule has 0 fully saturated rings. The highest BCUT2D eigenvalue weighted by atomic mass is 16.5. The molecule has 0 unspecified atom stereocenters. The molecule has 1 aliphatic heterocycles. The Morgan fingerprint density at radius 3 is 3.00 bits per heavy atom. The van der Waals surface area contributed by atoms with Crippen LogP contribution in [0.15, 0.2) is 29.1 Å². The van der Waals surface area contributed by atoms with Crippen molar-refractivity contribution in [2.24, 2.45) is 4.99 Å². The Bertz CT molecular complexity index is 264. The highest BCUT2D eigenvalue weighted by molar-refractivity contribution is 5.97. The van der Waals surface area contributed by atoms with Crippen LogP contribution in [0, 0.1) is 0 Å². The van der Waals surface area contributed by atoms with Crippen molar-refractivity contribution in [3.8, 4) is 0 Å². The molecule has 0 atom stereocenters. The van der Waals surface area contributed by atoms with Crippen molar-refractivity contribution in [3.05, 3.63) is 24.1 Å². The second kappa shape index (κ2) is 3.85. The van der Waals surface area contributed by atoms with E-state index < -0.39 is 0 Å². The van der Waals surface area contributed by atoms with Crippen LogP contribution < -0.4 is 0 Å². The zero-order valence-electron chi connectivity index (χ0n) is 7.04. The van der Waals surface area contributed by atoms with Gasteiger partial charge in [-0.25, -0.2) is 0 Å². The number of hydrogen-bond donors (Lipinski definition) is 0. The van der Waals surface area contributed by atoms with Crippen LogP contribution >= 0.6 is 0 Å². The predicted octanol–water partition coefficient (Wildman–Crippen LogP) is 1.46. The fraction of sp³-hybridized carbons (Fsp3) is 0.333. The van der Waals surface area contributed by atoms with Gasteiger partial charge in [-0.3, -0.25) is 9.79 Å². The van der Waals surface area contributed by atoms with Gasteiger partial charge < -0.3 is 4.74 Å². The number of aliphatic imine (C=N–C) groups is 1. The molecule has 3 heteroatoms. The van der Waals surface area contributed by atoms with Crippen LogP contribution in [0.1, 0.15) is 13.3 Å². The second-order valence-electron chi connectivity index (χ2n) is 2.33.